The zero-order chi connectivity index (χ0) is 15.8. The Kier molecular flexibility index (Phi) is 5.65. The van der Waals surface area contributed by atoms with Crippen LogP contribution in [0.4, 0.5) is 4.39 Å². The highest BCUT2D eigenvalue weighted by molar-refractivity contribution is 5.81. The minimum atomic E-state index is -0.728. The summed E-state index contributed by atoms with van der Waals surface area (Å²) in [7, 11) is 0. The summed E-state index contributed by atoms with van der Waals surface area (Å²) in [4.78, 5) is 16.9. The molecule has 5 heteroatoms. The van der Waals surface area contributed by atoms with Crippen molar-refractivity contribution >= 4 is 12.1 Å². The normalized spacial score (nSPS) is 12.1. The van der Waals surface area contributed by atoms with Gasteiger partial charge in [0.2, 0.25) is 6.10 Å². The molecule has 0 spiro atoms. The van der Waals surface area contributed by atoms with Crippen molar-refractivity contribution in [3.05, 3.63) is 71.5 Å². The fourth-order valence-electron chi connectivity index (χ4n) is 1.75. The number of nitrogens with zero attached hydrogens (tertiary/aromatic N) is 1. The van der Waals surface area contributed by atoms with Crippen molar-refractivity contribution < 1.29 is 14.0 Å². The first-order chi connectivity index (χ1) is 10.6. The number of carbonyl (C=O) groups excluding carboxylic acids is 1. The minimum Gasteiger partial charge on any atom is -0.383 e. The Labute approximate surface area is 128 Å². The highest BCUT2D eigenvalue weighted by Crippen LogP contribution is 2.02. The Bertz CT molecular complexity index is 644. The number of hydrogen-bond acceptors (Lipinski definition) is 3. The van der Waals surface area contributed by atoms with Gasteiger partial charge < -0.3 is 10.2 Å². The van der Waals surface area contributed by atoms with Gasteiger partial charge in [0, 0.05) is 6.54 Å². The molecule has 0 saturated heterocycles. The lowest BCUT2D eigenvalue weighted by Crippen LogP contribution is -2.33. The summed E-state index contributed by atoms with van der Waals surface area (Å²) in [6.45, 7) is 2.03. The number of benzene rings is 2. The van der Waals surface area contributed by atoms with E-state index in [1.165, 1.54) is 18.3 Å². The molecular formula is C17H17FN2O2. The molecule has 0 unspecified atom stereocenters. The van der Waals surface area contributed by atoms with Crippen molar-refractivity contribution in [1.82, 2.24) is 5.32 Å². The highest BCUT2D eigenvalue weighted by atomic mass is 19.1. The first kappa shape index (κ1) is 15.7. The molecule has 1 N–H and O–H groups in total. The van der Waals surface area contributed by atoms with Crippen molar-refractivity contribution in [1.29, 1.82) is 0 Å². The van der Waals surface area contributed by atoms with Gasteiger partial charge in [-0.3, -0.25) is 4.79 Å². The van der Waals surface area contributed by atoms with E-state index in [9.17, 15) is 9.18 Å². The maximum atomic E-state index is 13.0. The number of hydrogen-bond donors (Lipinski definition) is 1. The van der Waals surface area contributed by atoms with Crippen molar-refractivity contribution in [3.63, 3.8) is 0 Å². The smallest absolute Gasteiger partial charge is 0.263 e. The number of nitrogens with one attached hydrogen (secondary N) is 1. The molecule has 0 heterocycles. The van der Waals surface area contributed by atoms with Gasteiger partial charge in [-0.2, -0.15) is 0 Å². The molecule has 0 saturated carbocycles. The molecule has 1 atom stereocenters. The van der Waals surface area contributed by atoms with Crippen LogP contribution in [-0.4, -0.2) is 18.2 Å². The molecule has 4 nitrogen and oxygen atoms in total. The second kappa shape index (κ2) is 7.93. The van der Waals surface area contributed by atoms with Crippen LogP contribution >= 0.6 is 0 Å². The summed E-state index contributed by atoms with van der Waals surface area (Å²) in [6, 6.07) is 15.5. The molecule has 2 aromatic carbocycles. The summed E-state index contributed by atoms with van der Waals surface area (Å²) in [5.41, 5.74) is 1.57. The van der Waals surface area contributed by atoms with E-state index >= 15 is 0 Å². The van der Waals surface area contributed by atoms with E-state index in [-0.39, 0.29) is 11.7 Å². The van der Waals surface area contributed by atoms with Crippen molar-refractivity contribution in [2.24, 2.45) is 5.16 Å². The SMILES string of the molecule is C[C@H](O/N=C\c1cccc(F)c1)C(=O)NCc1ccccc1. The maximum Gasteiger partial charge on any atom is 0.263 e. The molecule has 2 aromatic rings. The third kappa shape index (κ3) is 5.01. The maximum absolute atomic E-state index is 13.0. The van der Waals surface area contributed by atoms with Gasteiger partial charge in [-0.1, -0.05) is 47.6 Å². The average molecular weight is 300 g/mol. The third-order valence-corrected chi connectivity index (χ3v) is 2.95. The zero-order valence-corrected chi connectivity index (χ0v) is 12.2. The van der Waals surface area contributed by atoms with E-state index in [2.05, 4.69) is 10.5 Å². The van der Waals surface area contributed by atoms with Gasteiger partial charge in [0.1, 0.15) is 5.82 Å². The van der Waals surface area contributed by atoms with Gasteiger partial charge in [-0.25, -0.2) is 4.39 Å². The van der Waals surface area contributed by atoms with Gasteiger partial charge >= 0.3 is 0 Å². The van der Waals surface area contributed by atoms with E-state index in [1.807, 2.05) is 30.3 Å². The molecule has 1 amide bonds. The molecule has 22 heavy (non-hydrogen) atoms. The molecule has 0 fully saturated rings. The van der Waals surface area contributed by atoms with E-state index in [4.69, 9.17) is 4.84 Å². The van der Waals surface area contributed by atoms with E-state index < -0.39 is 6.10 Å². The molecule has 0 aliphatic carbocycles. The van der Waals surface area contributed by atoms with Gasteiger partial charge in [0.05, 0.1) is 6.21 Å². The fourth-order valence-corrected chi connectivity index (χ4v) is 1.75. The average Bonchev–Trinajstić information content (AvgIpc) is 2.53. The van der Waals surface area contributed by atoms with Crippen LogP contribution < -0.4 is 5.32 Å². The molecule has 0 aliphatic rings. The summed E-state index contributed by atoms with van der Waals surface area (Å²) in [6.07, 6.45) is 0.637. The van der Waals surface area contributed by atoms with Gasteiger partial charge in [-0.05, 0) is 30.2 Å². The largest absolute Gasteiger partial charge is 0.383 e. The van der Waals surface area contributed by atoms with Crippen LogP contribution in [0.15, 0.2) is 59.8 Å². The molecule has 2 rings (SSSR count). The van der Waals surface area contributed by atoms with Crippen molar-refractivity contribution in [2.45, 2.75) is 19.6 Å². The highest BCUT2D eigenvalue weighted by Gasteiger charge is 2.13. The monoisotopic (exact) mass is 300 g/mol. The van der Waals surface area contributed by atoms with Crippen LogP contribution in [0.5, 0.6) is 0 Å². The molecule has 0 aliphatic heterocycles. The van der Waals surface area contributed by atoms with Crippen molar-refractivity contribution in [3.8, 4) is 0 Å². The van der Waals surface area contributed by atoms with Crippen LogP contribution in [0.25, 0.3) is 0 Å². The first-order valence-electron chi connectivity index (χ1n) is 6.91. The summed E-state index contributed by atoms with van der Waals surface area (Å²) in [5, 5.41) is 6.46. The molecule has 0 aromatic heterocycles. The Morgan fingerprint density at radius 1 is 1.27 bits per heavy atom. The lowest BCUT2D eigenvalue weighted by Gasteiger charge is -2.10. The third-order valence-electron chi connectivity index (χ3n) is 2.95. The summed E-state index contributed by atoms with van der Waals surface area (Å²) >= 11 is 0. The van der Waals surface area contributed by atoms with Gasteiger partial charge in [0.25, 0.3) is 5.91 Å². The number of halogens is 1. The van der Waals surface area contributed by atoms with Crippen LogP contribution in [0.1, 0.15) is 18.1 Å². The molecule has 114 valence electrons. The van der Waals surface area contributed by atoms with Crippen LogP contribution in [0, 0.1) is 5.82 Å². The van der Waals surface area contributed by atoms with E-state index in [0.717, 1.165) is 5.56 Å². The Hall–Kier alpha value is -2.69. The van der Waals surface area contributed by atoms with Crippen LogP contribution in [-0.2, 0) is 16.2 Å². The van der Waals surface area contributed by atoms with Crippen molar-refractivity contribution in [2.75, 3.05) is 0 Å². The standard InChI is InChI=1S/C17H17FN2O2/c1-13(17(21)19-11-14-6-3-2-4-7-14)22-20-12-15-8-5-9-16(18)10-15/h2-10,12-13H,11H2,1H3,(H,19,21)/b20-12-/t13-/m0/s1. The Morgan fingerprint density at radius 2 is 2.05 bits per heavy atom. The van der Waals surface area contributed by atoms with E-state index in [0.29, 0.717) is 12.1 Å². The quantitative estimate of drug-likeness (QED) is 0.659. The zero-order valence-electron chi connectivity index (χ0n) is 12.2. The van der Waals surface area contributed by atoms with Gasteiger partial charge in [0.15, 0.2) is 0 Å². The summed E-state index contributed by atoms with van der Waals surface area (Å²) in [5.74, 6) is -0.613. The second-order valence-electron chi connectivity index (χ2n) is 4.74. The predicted octanol–water partition coefficient (Wildman–Crippen LogP) is 2.88. The van der Waals surface area contributed by atoms with Crippen LogP contribution in [0.3, 0.4) is 0 Å². The van der Waals surface area contributed by atoms with Gasteiger partial charge in [-0.15, -0.1) is 0 Å². The lowest BCUT2D eigenvalue weighted by molar-refractivity contribution is -0.131. The molecule has 0 radical (unpaired) electrons. The summed E-state index contributed by atoms with van der Waals surface area (Å²) < 4.78 is 13.0. The second-order valence-corrected chi connectivity index (χ2v) is 4.74. The Morgan fingerprint density at radius 3 is 2.77 bits per heavy atom. The number of oxime groups is 1. The minimum absolute atomic E-state index is 0.264. The number of rotatable bonds is 6. The number of carbonyl (C=O) groups is 1. The Balaban J connectivity index is 1.79. The number of amides is 1. The topological polar surface area (TPSA) is 50.7 Å². The first-order valence-corrected chi connectivity index (χ1v) is 6.91. The lowest BCUT2D eigenvalue weighted by atomic mass is 10.2. The fraction of sp³-hybridized carbons (Fsp3) is 0.176. The molecular weight excluding hydrogens is 283 g/mol. The molecule has 0 bridgehead atoms. The van der Waals surface area contributed by atoms with Crippen LogP contribution in [0.2, 0.25) is 0 Å². The van der Waals surface area contributed by atoms with E-state index in [1.54, 1.807) is 19.1 Å². The predicted molar refractivity (Wildman–Crippen MR) is 82.8 cm³/mol.